The van der Waals surface area contributed by atoms with Gasteiger partial charge in [-0.1, -0.05) is 17.7 Å². The lowest BCUT2D eigenvalue weighted by Gasteiger charge is -2.18. The average Bonchev–Trinajstić information content (AvgIpc) is 3.01. The molecule has 0 radical (unpaired) electrons. The zero-order valence-corrected chi connectivity index (χ0v) is 14.3. The van der Waals surface area contributed by atoms with Crippen molar-refractivity contribution >= 4 is 29.1 Å². The van der Waals surface area contributed by atoms with Gasteiger partial charge in [-0.15, -0.1) is 0 Å². The van der Waals surface area contributed by atoms with Crippen LogP contribution in [0.2, 0.25) is 5.02 Å². The van der Waals surface area contributed by atoms with E-state index in [1.807, 2.05) is 42.5 Å². The number of benzene rings is 2. The minimum absolute atomic E-state index is 0.0796. The Hall–Kier alpha value is -2.40. The molecule has 6 heteroatoms. The summed E-state index contributed by atoms with van der Waals surface area (Å²) in [7, 11) is 1.60. The molecule has 1 fully saturated rings. The van der Waals surface area contributed by atoms with Crippen molar-refractivity contribution < 1.29 is 14.3 Å². The van der Waals surface area contributed by atoms with E-state index in [2.05, 4.69) is 12.2 Å². The second-order valence-electron chi connectivity index (χ2n) is 5.57. The second kappa shape index (κ2) is 7.01. The van der Waals surface area contributed by atoms with E-state index in [-0.39, 0.29) is 12.1 Å². The Balaban J connectivity index is 1.69. The highest BCUT2D eigenvalue weighted by atomic mass is 35.5. The van der Waals surface area contributed by atoms with Crippen molar-refractivity contribution in [2.24, 2.45) is 0 Å². The number of hydrogen-bond acceptors (Lipinski definition) is 4. The first-order valence-electron chi connectivity index (χ1n) is 7.73. The summed E-state index contributed by atoms with van der Waals surface area (Å²) in [6.07, 6.45) is -0.294. The molecule has 2 aromatic rings. The monoisotopic (exact) mass is 346 g/mol. The van der Waals surface area contributed by atoms with E-state index < -0.39 is 0 Å². The van der Waals surface area contributed by atoms with Crippen LogP contribution >= 0.6 is 11.6 Å². The molecule has 0 aromatic heterocycles. The number of carbonyl (C=O) groups excluding carboxylic acids is 1. The molecule has 1 saturated heterocycles. The third kappa shape index (κ3) is 3.41. The Morgan fingerprint density at radius 2 is 2.00 bits per heavy atom. The van der Waals surface area contributed by atoms with Crippen molar-refractivity contribution in [2.45, 2.75) is 13.0 Å². The van der Waals surface area contributed by atoms with Crippen LogP contribution in [0.3, 0.4) is 0 Å². The van der Waals surface area contributed by atoms with E-state index in [1.165, 1.54) is 0 Å². The molecule has 0 saturated carbocycles. The fraction of sp³-hybridized carbons (Fsp3) is 0.278. The molecule has 0 aliphatic carbocycles. The first-order chi connectivity index (χ1) is 11.6. The Bertz CT molecular complexity index is 734. The topological polar surface area (TPSA) is 50.8 Å². The largest absolute Gasteiger partial charge is 0.495 e. The Kier molecular flexibility index (Phi) is 4.81. The molecule has 0 bridgehead atoms. The van der Waals surface area contributed by atoms with Crippen molar-refractivity contribution in [3.05, 3.63) is 53.1 Å². The summed E-state index contributed by atoms with van der Waals surface area (Å²) in [4.78, 5) is 13.2. The van der Waals surface area contributed by atoms with Crippen LogP contribution in [-0.4, -0.2) is 26.4 Å². The number of nitrogens with one attached hydrogen (secondary N) is 1. The fourth-order valence-corrected chi connectivity index (χ4v) is 2.92. The van der Waals surface area contributed by atoms with Crippen molar-refractivity contribution in [2.75, 3.05) is 30.5 Å². The van der Waals surface area contributed by atoms with Gasteiger partial charge in [0.2, 0.25) is 0 Å². The molecule has 126 valence electrons. The minimum atomic E-state index is -0.294. The van der Waals surface area contributed by atoms with Crippen LogP contribution in [0.5, 0.6) is 5.75 Å². The number of methoxy groups -OCH3 is 1. The van der Waals surface area contributed by atoms with Crippen molar-refractivity contribution in [1.29, 1.82) is 0 Å². The van der Waals surface area contributed by atoms with Crippen LogP contribution in [-0.2, 0) is 4.74 Å². The van der Waals surface area contributed by atoms with Gasteiger partial charge in [0.15, 0.2) is 0 Å². The van der Waals surface area contributed by atoms with E-state index in [9.17, 15) is 4.79 Å². The average molecular weight is 347 g/mol. The van der Waals surface area contributed by atoms with Crippen LogP contribution in [0.4, 0.5) is 16.2 Å². The number of rotatable bonds is 5. The maximum absolute atomic E-state index is 11.6. The summed E-state index contributed by atoms with van der Waals surface area (Å²) >= 11 is 6.18. The number of halogens is 1. The first kappa shape index (κ1) is 16.5. The van der Waals surface area contributed by atoms with Crippen LogP contribution < -0.4 is 15.0 Å². The van der Waals surface area contributed by atoms with Gasteiger partial charge in [0.25, 0.3) is 0 Å². The molecule has 3 rings (SSSR count). The highest BCUT2D eigenvalue weighted by Crippen LogP contribution is 2.29. The predicted molar refractivity (Wildman–Crippen MR) is 95.2 cm³/mol. The van der Waals surface area contributed by atoms with Crippen LogP contribution in [0.1, 0.15) is 18.5 Å². The second-order valence-corrected chi connectivity index (χ2v) is 5.98. The molecule has 1 atom stereocenters. The fourth-order valence-electron chi connectivity index (χ4n) is 2.65. The first-order valence-corrected chi connectivity index (χ1v) is 8.10. The number of nitrogens with zero attached hydrogens (tertiary/aromatic N) is 1. The van der Waals surface area contributed by atoms with Crippen LogP contribution in [0.15, 0.2) is 42.5 Å². The molecule has 1 heterocycles. The van der Waals surface area contributed by atoms with Gasteiger partial charge < -0.3 is 14.8 Å². The Labute approximate surface area is 146 Å². The minimum Gasteiger partial charge on any atom is -0.495 e. The number of ether oxygens (including phenoxy) is 2. The molecular weight excluding hydrogens is 328 g/mol. The molecule has 24 heavy (non-hydrogen) atoms. The summed E-state index contributed by atoms with van der Waals surface area (Å²) in [5.41, 5.74) is 2.86. The van der Waals surface area contributed by atoms with Crippen LogP contribution in [0, 0.1) is 0 Å². The van der Waals surface area contributed by atoms with Gasteiger partial charge in [0, 0.05) is 17.4 Å². The number of cyclic esters (lactones) is 1. The molecule has 0 spiro atoms. The third-order valence-electron chi connectivity index (χ3n) is 4.00. The molecule has 1 amide bonds. The number of amides is 1. The molecule has 0 unspecified atom stereocenters. The van der Waals surface area contributed by atoms with Gasteiger partial charge in [-0.2, -0.15) is 0 Å². The molecule has 1 aliphatic rings. The van der Waals surface area contributed by atoms with E-state index in [0.29, 0.717) is 23.9 Å². The zero-order chi connectivity index (χ0) is 17.1. The van der Waals surface area contributed by atoms with E-state index in [4.69, 9.17) is 21.1 Å². The molecule has 5 nitrogen and oxygen atoms in total. The lowest BCUT2D eigenvalue weighted by atomic mass is 10.1. The maximum Gasteiger partial charge on any atom is 0.414 e. The normalized spacial score (nSPS) is 15.1. The van der Waals surface area contributed by atoms with Crippen LogP contribution in [0.25, 0.3) is 0 Å². The summed E-state index contributed by atoms with van der Waals surface area (Å²) in [5, 5.41) is 4.01. The molecular formula is C18H19ClN2O3. The predicted octanol–water partition coefficient (Wildman–Crippen LogP) is 4.48. The zero-order valence-electron chi connectivity index (χ0n) is 13.6. The van der Waals surface area contributed by atoms with Gasteiger partial charge in [0.05, 0.1) is 18.7 Å². The standard InChI is InChI=1S/C18H19ClN2O3/c1-12(13-3-8-17(23-2)16(19)11-13)20-14-4-6-15(7-5-14)21-9-10-24-18(21)22/h3-8,11-12,20H,9-10H2,1-2H3/t12-/m1/s1. The van der Waals surface area contributed by atoms with Gasteiger partial charge in [-0.05, 0) is 48.9 Å². The van der Waals surface area contributed by atoms with Crippen molar-refractivity contribution in [3.63, 3.8) is 0 Å². The highest BCUT2D eigenvalue weighted by Gasteiger charge is 2.23. The molecule has 2 aromatic carbocycles. The van der Waals surface area contributed by atoms with Crippen molar-refractivity contribution in [1.82, 2.24) is 0 Å². The number of carbonyl (C=O) groups is 1. The number of hydrogen-bond donors (Lipinski definition) is 1. The van der Waals surface area contributed by atoms with E-state index in [1.54, 1.807) is 12.0 Å². The Morgan fingerprint density at radius 1 is 1.25 bits per heavy atom. The van der Waals surface area contributed by atoms with Gasteiger partial charge in [-0.3, -0.25) is 4.90 Å². The lowest BCUT2D eigenvalue weighted by Crippen LogP contribution is -2.23. The summed E-state index contributed by atoms with van der Waals surface area (Å²) in [5.74, 6) is 0.662. The number of anilines is 2. The van der Waals surface area contributed by atoms with Crippen molar-refractivity contribution in [3.8, 4) is 5.75 Å². The summed E-state index contributed by atoms with van der Waals surface area (Å²) in [6, 6.07) is 13.5. The highest BCUT2D eigenvalue weighted by molar-refractivity contribution is 6.32. The summed E-state index contributed by atoms with van der Waals surface area (Å²) in [6.45, 7) is 3.09. The van der Waals surface area contributed by atoms with E-state index in [0.717, 1.165) is 16.9 Å². The third-order valence-corrected chi connectivity index (χ3v) is 4.29. The maximum atomic E-state index is 11.6. The quantitative estimate of drug-likeness (QED) is 0.867. The summed E-state index contributed by atoms with van der Waals surface area (Å²) < 4.78 is 10.1. The Morgan fingerprint density at radius 3 is 2.58 bits per heavy atom. The van der Waals surface area contributed by atoms with Gasteiger partial charge in [0.1, 0.15) is 12.4 Å². The SMILES string of the molecule is COc1ccc([C@@H](C)Nc2ccc(N3CCOC3=O)cc2)cc1Cl. The smallest absolute Gasteiger partial charge is 0.414 e. The van der Waals surface area contributed by atoms with Gasteiger partial charge in [-0.25, -0.2) is 4.79 Å². The van der Waals surface area contributed by atoms with Gasteiger partial charge >= 0.3 is 6.09 Å². The molecule has 1 N–H and O–H groups in total. The van der Waals surface area contributed by atoms with E-state index >= 15 is 0 Å². The lowest BCUT2D eigenvalue weighted by molar-refractivity contribution is 0.181. The molecule has 1 aliphatic heterocycles.